The molecule has 0 spiro atoms. The zero-order valence-corrected chi connectivity index (χ0v) is 10.3. The van der Waals surface area contributed by atoms with Gasteiger partial charge in [0, 0.05) is 6.61 Å². The van der Waals surface area contributed by atoms with Crippen LogP contribution in [0, 0.1) is 0 Å². The van der Waals surface area contributed by atoms with E-state index in [1.54, 1.807) is 6.07 Å². The van der Waals surface area contributed by atoms with Gasteiger partial charge < -0.3 is 15.2 Å². The van der Waals surface area contributed by atoms with Crippen molar-refractivity contribution in [3.05, 3.63) is 35.4 Å². The number of alkyl halides is 3. The highest BCUT2D eigenvalue weighted by Crippen LogP contribution is 2.30. The first-order chi connectivity index (χ1) is 8.97. The number of hydrogen-bond donors (Lipinski definition) is 1. The van der Waals surface area contributed by atoms with E-state index in [1.165, 1.54) is 6.07 Å². The van der Waals surface area contributed by atoms with Crippen molar-refractivity contribution in [2.45, 2.75) is 24.7 Å². The molecule has 2 atom stereocenters. The van der Waals surface area contributed by atoms with Crippen molar-refractivity contribution >= 4 is 0 Å². The average Bonchev–Trinajstić information content (AvgIpc) is 2.88. The van der Waals surface area contributed by atoms with Crippen LogP contribution in [0.25, 0.3) is 0 Å². The Hall–Kier alpha value is -1.11. The number of benzene rings is 1. The fourth-order valence-corrected chi connectivity index (χ4v) is 1.93. The van der Waals surface area contributed by atoms with E-state index in [-0.39, 0.29) is 12.7 Å². The number of nitrogens with two attached hydrogens (primary N) is 1. The van der Waals surface area contributed by atoms with E-state index in [9.17, 15) is 13.2 Å². The summed E-state index contributed by atoms with van der Waals surface area (Å²) in [4.78, 5) is 0. The van der Waals surface area contributed by atoms with Crippen LogP contribution >= 0.6 is 0 Å². The van der Waals surface area contributed by atoms with Crippen LogP contribution < -0.4 is 5.73 Å². The topological polar surface area (TPSA) is 44.5 Å². The summed E-state index contributed by atoms with van der Waals surface area (Å²) in [5, 5.41) is 0. The number of halogens is 3. The van der Waals surface area contributed by atoms with Crippen LogP contribution in [-0.4, -0.2) is 25.9 Å². The summed E-state index contributed by atoms with van der Waals surface area (Å²) in [5.74, 6) is 0. The summed E-state index contributed by atoms with van der Waals surface area (Å²) in [7, 11) is 0. The third kappa shape index (κ3) is 3.92. The van der Waals surface area contributed by atoms with Gasteiger partial charge in [-0.3, -0.25) is 0 Å². The van der Waals surface area contributed by atoms with Gasteiger partial charge in [0.25, 0.3) is 0 Å². The lowest BCUT2D eigenvalue weighted by Crippen LogP contribution is -2.22. The SMILES string of the molecule is NC(COC1CCOC1)c1cccc(C(F)(F)F)c1. The van der Waals surface area contributed by atoms with Crippen molar-refractivity contribution in [3.8, 4) is 0 Å². The number of rotatable bonds is 4. The van der Waals surface area contributed by atoms with Crippen molar-refractivity contribution in [2.75, 3.05) is 19.8 Å². The molecule has 0 bridgehead atoms. The fourth-order valence-electron chi connectivity index (χ4n) is 1.93. The van der Waals surface area contributed by atoms with E-state index in [0.29, 0.717) is 18.8 Å². The molecule has 3 nitrogen and oxygen atoms in total. The Balaban J connectivity index is 1.96. The molecule has 19 heavy (non-hydrogen) atoms. The number of ether oxygens (including phenoxy) is 2. The third-order valence-corrected chi connectivity index (χ3v) is 3.04. The molecule has 1 aromatic carbocycles. The minimum absolute atomic E-state index is 0.00292. The first-order valence-corrected chi connectivity index (χ1v) is 6.09. The Bertz CT molecular complexity index is 417. The Kier molecular flexibility index (Phi) is 4.44. The van der Waals surface area contributed by atoms with Crippen LogP contribution in [0.2, 0.25) is 0 Å². The maximum Gasteiger partial charge on any atom is 0.416 e. The number of hydrogen-bond acceptors (Lipinski definition) is 3. The molecule has 0 aliphatic carbocycles. The Morgan fingerprint density at radius 3 is 2.84 bits per heavy atom. The largest absolute Gasteiger partial charge is 0.416 e. The highest BCUT2D eigenvalue weighted by atomic mass is 19.4. The normalized spacial score (nSPS) is 21.6. The van der Waals surface area contributed by atoms with E-state index >= 15 is 0 Å². The molecular formula is C13H16F3NO2. The molecule has 2 rings (SSSR count). The van der Waals surface area contributed by atoms with E-state index in [0.717, 1.165) is 18.6 Å². The first-order valence-electron chi connectivity index (χ1n) is 6.09. The van der Waals surface area contributed by atoms with Gasteiger partial charge in [0.15, 0.2) is 0 Å². The van der Waals surface area contributed by atoms with Crippen LogP contribution in [0.15, 0.2) is 24.3 Å². The van der Waals surface area contributed by atoms with Crippen molar-refractivity contribution in [3.63, 3.8) is 0 Å². The quantitative estimate of drug-likeness (QED) is 0.918. The molecule has 106 valence electrons. The summed E-state index contributed by atoms with van der Waals surface area (Å²) in [6.45, 7) is 1.37. The molecule has 1 aromatic rings. The van der Waals surface area contributed by atoms with Gasteiger partial charge in [0.2, 0.25) is 0 Å². The highest BCUT2D eigenvalue weighted by molar-refractivity contribution is 5.27. The predicted octanol–water partition coefficient (Wildman–Crippen LogP) is 2.51. The Morgan fingerprint density at radius 2 is 2.21 bits per heavy atom. The van der Waals surface area contributed by atoms with Crippen LogP contribution in [0.5, 0.6) is 0 Å². The van der Waals surface area contributed by atoms with E-state index in [4.69, 9.17) is 15.2 Å². The van der Waals surface area contributed by atoms with Gasteiger partial charge in [-0.1, -0.05) is 12.1 Å². The smallest absolute Gasteiger partial charge is 0.379 e. The molecule has 0 saturated carbocycles. The van der Waals surface area contributed by atoms with Crippen molar-refractivity contribution in [1.82, 2.24) is 0 Å². The third-order valence-electron chi connectivity index (χ3n) is 3.04. The zero-order chi connectivity index (χ0) is 13.9. The molecule has 0 aromatic heterocycles. The molecular weight excluding hydrogens is 259 g/mol. The Morgan fingerprint density at radius 1 is 1.42 bits per heavy atom. The average molecular weight is 275 g/mol. The monoisotopic (exact) mass is 275 g/mol. The molecule has 6 heteroatoms. The van der Waals surface area contributed by atoms with Gasteiger partial charge in [0.1, 0.15) is 0 Å². The lowest BCUT2D eigenvalue weighted by atomic mass is 10.0. The summed E-state index contributed by atoms with van der Waals surface area (Å²) >= 11 is 0. The first kappa shape index (κ1) is 14.3. The molecule has 1 fully saturated rings. The van der Waals surface area contributed by atoms with Gasteiger partial charge in [-0.15, -0.1) is 0 Å². The second-order valence-corrected chi connectivity index (χ2v) is 4.55. The summed E-state index contributed by atoms with van der Waals surface area (Å²) in [6, 6.07) is 4.47. The van der Waals surface area contributed by atoms with Gasteiger partial charge in [-0.25, -0.2) is 0 Å². The molecule has 2 unspecified atom stereocenters. The highest BCUT2D eigenvalue weighted by Gasteiger charge is 2.30. The van der Waals surface area contributed by atoms with Gasteiger partial charge in [-0.05, 0) is 24.1 Å². The van der Waals surface area contributed by atoms with E-state index in [2.05, 4.69) is 0 Å². The van der Waals surface area contributed by atoms with E-state index in [1.807, 2.05) is 0 Å². The van der Waals surface area contributed by atoms with E-state index < -0.39 is 17.8 Å². The van der Waals surface area contributed by atoms with Crippen LogP contribution in [-0.2, 0) is 15.7 Å². The van der Waals surface area contributed by atoms with Crippen LogP contribution in [0.1, 0.15) is 23.6 Å². The summed E-state index contributed by atoms with van der Waals surface area (Å²) < 4.78 is 48.4. The van der Waals surface area contributed by atoms with Crippen molar-refractivity contribution in [2.24, 2.45) is 5.73 Å². The van der Waals surface area contributed by atoms with Gasteiger partial charge in [-0.2, -0.15) is 13.2 Å². The molecule has 0 radical (unpaired) electrons. The molecule has 1 aliphatic rings. The minimum Gasteiger partial charge on any atom is -0.379 e. The summed E-state index contributed by atoms with van der Waals surface area (Å²) in [5.41, 5.74) is 5.59. The minimum atomic E-state index is -4.35. The predicted molar refractivity (Wildman–Crippen MR) is 63.5 cm³/mol. The second kappa shape index (κ2) is 5.90. The fraction of sp³-hybridized carbons (Fsp3) is 0.538. The van der Waals surface area contributed by atoms with Gasteiger partial charge in [0.05, 0.1) is 30.9 Å². The molecule has 1 heterocycles. The van der Waals surface area contributed by atoms with Crippen molar-refractivity contribution < 1.29 is 22.6 Å². The Labute approximate surface area is 109 Å². The maximum atomic E-state index is 12.6. The molecule has 2 N–H and O–H groups in total. The van der Waals surface area contributed by atoms with Crippen LogP contribution in [0.4, 0.5) is 13.2 Å². The zero-order valence-electron chi connectivity index (χ0n) is 10.3. The molecule has 1 saturated heterocycles. The lowest BCUT2D eigenvalue weighted by molar-refractivity contribution is -0.137. The summed E-state index contributed by atoms with van der Waals surface area (Å²) in [6.07, 6.45) is -3.55. The second-order valence-electron chi connectivity index (χ2n) is 4.55. The molecule has 1 aliphatic heterocycles. The maximum absolute atomic E-state index is 12.6. The van der Waals surface area contributed by atoms with Gasteiger partial charge >= 0.3 is 6.18 Å². The van der Waals surface area contributed by atoms with Crippen molar-refractivity contribution in [1.29, 1.82) is 0 Å². The standard InChI is InChI=1S/C13H16F3NO2/c14-13(15,16)10-3-1-2-9(6-10)12(17)8-19-11-4-5-18-7-11/h1-3,6,11-12H,4-5,7-8,17H2. The lowest BCUT2D eigenvalue weighted by Gasteiger charge is -2.17. The molecule has 0 amide bonds. The van der Waals surface area contributed by atoms with Crippen LogP contribution in [0.3, 0.4) is 0 Å².